The largest absolute Gasteiger partial charge is 0.469 e. The van der Waals surface area contributed by atoms with Gasteiger partial charge in [0.25, 0.3) is 0 Å². The molecular weight excluding hydrogens is 478 g/mol. The van der Waals surface area contributed by atoms with Gasteiger partial charge in [0.05, 0.1) is 31.5 Å². The van der Waals surface area contributed by atoms with E-state index in [1.807, 2.05) is 29.8 Å². The summed E-state index contributed by atoms with van der Waals surface area (Å²) in [7, 11) is 1.45. The average molecular weight is 518 g/mol. The van der Waals surface area contributed by atoms with Gasteiger partial charge >= 0.3 is 5.97 Å². The van der Waals surface area contributed by atoms with Gasteiger partial charge in [-0.15, -0.1) is 0 Å². The molecule has 0 amide bonds. The first-order valence-electron chi connectivity index (χ1n) is 13.8. The van der Waals surface area contributed by atoms with E-state index in [1.54, 1.807) is 0 Å². The summed E-state index contributed by atoms with van der Waals surface area (Å²) >= 11 is 0. The summed E-state index contributed by atoms with van der Waals surface area (Å²) in [5, 5.41) is 17.4. The molecule has 202 valence electrons. The Morgan fingerprint density at radius 1 is 1.24 bits per heavy atom. The van der Waals surface area contributed by atoms with Crippen LogP contribution in [0.15, 0.2) is 42.5 Å². The number of hydrogen-bond donors (Lipinski definition) is 2. The third kappa shape index (κ3) is 6.25. The number of aliphatic hydroxyl groups is 1. The maximum atomic E-state index is 12.3. The molecule has 8 nitrogen and oxygen atoms in total. The second-order valence-corrected chi connectivity index (χ2v) is 10.7. The Kier molecular flexibility index (Phi) is 8.39. The van der Waals surface area contributed by atoms with Gasteiger partial charge in [0.1, 0.15) is 5.82 Å². The summed E-state index contributed by atoms with van der Waals surface area (Å²) in [4.78, 5) is 19.7. The van der Waals surface area contributed by atoms with Gasteiger partial charge in [0.15, 0.2) is 0 Å². The Morgan fingerprint density at radius 3 is 2.95 bits per heavy atom. The maximum absolute atomic E-state index is 12.3. The minimum atomic E-state index is -0.193. The van der Waals surface area contributed by atoms with Crippen LogP contribution in [0.1, 0.15) is 59.8 Å². The summed E-state index contributed by atoms with van der Waals surface area (Å²) < 4.78 is 6.90. The van der Waals surface area contributed by atoms with Crippen molar-refractivity contribution in [1.29, 1.82) is 0 Å². The molecule has 2 atom stereocenters. The number of fused-ring (bicyclic) bond motifs is 1. The van der Waals surface area contributed by atoms with Gasteiger partial charge in [-0.3, -0.25) is 4.79 Å². The lowest BCUT2D eigenvalue weighted by Crippen LogP contribution is -2.28. The van der Waals surface area contributed by atoms with Crippen LogP contribution in [0, 0.1) is 12.8 Å². The number of carbonyl (C=O) groups excluding carboxylic acids is 1. The van der Waals surface area contributed by atoms with E-state index >= 15 is 0 Å². The molecule has 3 aromatic rings. The maximum Gasteiger partial charge on any atom is 0.306 e. The van der Waals surface area contributed by atoms with Crippen molar-refractivity contribution in [3.05, 3.63) is 70.7 Å². The molecule has 0 bridgehead atoms. The molecule has 2 aromatic heterocycles. The van der Waals surface area contributed by atoms with Gasteiger partial charge in [-0.25, -0.2) is 9.67 Å². The SMILES string of the molecule is COC(=O)CC(CN1CC[C@@H](CCc2ccc3c(n2)NCCC3)C1)c1cccc(-n2nc(CO)cc2C)c1. The molecular formula is C30H39N5O3. The van der Waals surface area contributed by atoms with Crippen molar-refractivity contribution >= 4 is 11.8 Å². The van der Waals surface area contributed by atoms with Gasteiger partial charge in [0.2, 0.25) is 0 Å². The van der Waals surface area contributed by atoms with E-state index < -0.39 is 0 Å². The van der Waals surface area contributed by atoms with Gasteiger partial charge < -0.3 is 20.1 Å². The fourth-order valence-electron chi connectivity index (χ4n) is 5.85. The van der Waals surface area contributed by atoms with E-state index in [0.717, 1.165) is 68.2 Å². The number of pyridine rings is 1. The number of ether oxygens (including phenoxy) is 1. The number of aromatic nitrogens is 3. The van der Waals surface area contributed by atoms with Crippen molar-refractivity contribution in [2.24, 2.45) is 5.92 Å². The lowest BCUT2D eigenvalue weighted by atomic mass is 9.94. The minimum Gasteiger partial charge on any atom is -0.469 e. The summed E-state index contributed by atoms with van der Waals surface area (Å²) in [6.07, 6.45) is 5.94. The van der Waals surface area contributed by atoms with E-state index in [2.05, 4.69) is 39.6 Å². The minimum absolute atomic E-state index is 0.0303. The molecule has 2 aliphatic rings. The number of hydrogen-bond acceptors (Lipinski definition) is 7. The van der Waals surface area contributed by atoms with Crippen molar-refractivity contribution in [2.75, 3.05) is 38.6 Å². The summed E-state index contributed by atoms with van der Waals surface area (Å²) in [5.41, 5.74) is 6.15. The Balaban J connectivity index is 1.23. The van der Waals surface area contributed by atoms with Crippen molar-refractivity contribution in [2.45, 2.75) is 58.0 Å². The highest BCUT2D eigenvalue weighted by Crippen LogP contribution is 2.29. The number of aryl methyl sites for hydroxylation is 3. The molecule has 0 aliphatic carbocycles. The third-order valence-electron chi connectivity index (χ3n) is 7.94. The first-order chi connectivity index (χ1) is 18.5. The highest BCUT2D eigenvalue weighted by molar-refractivity contribution is 5.70. The van der Waals surface area contributed by atoms with Crippen LogP contribution in [0.3, 0.4) is 0 Å². The molecule has 1 saturated heterocycles. The molecule has 1 fully saturated rings. The van der Waals surface area contributed by atoms with E-state index in [0.29, 0.717) is 18.0 Å². The zero-order chi connectivity index (χ0) is 26.5. The molecule has 0 radical (unpaired) electrons. The number of aliphatic hydroxyl groups excluding tert-OH is 1. The normalized spacial score (nSPS) is 18.1. The summed E-state index contributed by atoms with van der Waals surface area (Å²) in [6.45, 7) is 5.80. The van der Waals surface area contributed by atoms with Crippen LogP contribution in [0.2, 0.25) is 0 Å². The second kappa shape index (κ2) is 12.1. The predicted octanol–water partition coefficient (Wildman–Crippen LogP) is 4.03. The fourth-order valence-corrected chi connectivity index (χ4v) is 5.85. The zero-order valence-corrected chi connectivity index (χ0v) is 22.5. The van der Waals surface area contributed by atoms with E-state index in [4.69, 9.17) is 9.72 Å². The molecule has 38 heavy (non-hydrogen) atoms. The first-order valence-corrected chi connectivity index (χ1v) is 13.8. The quantitative estimate of drug-likeness (QED) is 0.392. The number of methoxy groups -OCH3 is 1. The van der Waals surface area contributed by atoms with E-state index in [-0.39, 0.29) is 18.5 Å². The fraction of sp³-hybridized carbons (Fsp3) is 0.500. The van der Waals surface area contributed by atoms with Crippen LogP contribution in [-0.2, 0) is 29.0 Å². The number of likely N-dealkylation sites (tertiary alicyclic amines) is 1. The highest BCUT2D eigenvalue weighted by Gasteiger charge is 2.27. The molecule has 1 unspecified atom stereocenters. The third-order valence-corrected chi connectivity index (χ3v) is 7.94. The van der Waals surface area contributed by atoms with Crippen molar-refractivity contribution in [1.82, 2.24) is 19.7 Å². The van der Waals surface area contributed by atoms with Gasteiger partial charge in [0, 0.05) is 36.9 Å². The number of rotatable bonds is 10. The lowest BCUT2D eigenvalue weighted by Gasteiger charge is -2.24. The monoisotopic (exact) mass is 517 g/mol. The van der Waals surface area contributed by atoms with E-state index in [1.165, 1.54) is 31.2 Å². The molecule has 2 aliphatic heterocycles. The standard InChI is InChI=1S/C30H39N5O3/c1-21-15-27(20-36)33-35(21)28-7-3-5-24(16-28)25(17-29(37)38-2)19-34-14-12-22(18-34)8-10-26-11-9-23-6-4-13-31-30(23)32-26/h3,5,7,9,11,15-16,22,25,36H,4,6,8,10,12-14,17-20H2,1-2H3,(H,31,32)/t22-,25?/m1/s1. The van der Waals surface area contributed by atoms with Crippen molar-refractivity contribution in [3.8, 4) is 5.69 Å². The van der Waals surface area contributed by atoms with Crippen LogP contribution < -0.4 is 5.32 Å². The lowest BCUT2D eigenvalue weighted by molar-refractivity contribution is -0.141. The van der Waals surface area contributed by atoms with E-state index in [9.17, 15) is 9.90 Å². The summed E-state index contributed by atoms with van der Waals surface area (Å²) in [5.74, 6) is 1.55. The average Bonchev–Trinajstić information content (AvgIpc) is 3.57. The van der Waals surface area contributed by atoms with Gasteiger partial charge in [-0.05, 0) is 86.9 Å². The highest BCUT2D eigenvalue weighted by atomic mass is 16.5. The van der Waals surface area contributed by atoms with Crippen molar-refractivity contribution in [3.63, 3.8) is 0 Å². The second-order valence-electron chi connectivity index (χ2n) is 10.7. The number of anilines is 1. The smallest absolute Gasteiger partial charge is 0.306 e. The number of nitrogens with zero attached hydrogens (tertiary/aromatic N) is 4. The Labute approximate surface area is 225 Å². The van der Waals surface area contributed by atoms with Gasteiger partial charge in [-0.2, -0.15) is 5.10 Å². The number of nitrogens with one attached hydrogen (secondary N) is 1. The predicted molar refractivity (Wildman–Crippen MR) is 148 cm³/mol. The molecule has 4 heterocycles. The first kappa shape index (κ1) is 26.4. The Bertz CT molecular complexity index is 1260. The van der Waals surface area contributed by atoms with Crippen LogP contribution in [0.4, 0.5) is 5.82 Å². The topological polar surface area (TPSA) is 92.5 Å². The van der Waals surface area contributed by atoms with Crippen molar-refractivity contribution < 1.29 is 14.6 Å². The van der Waals surface area contributed by atoms with Crippen LogP contribution in [0.5, 0.6) is 0 Å². The van der Waals surface area contributed by atoms with Crippen LogP contribution in [0.25, 0.3) is 5.69 Å². The Morgan fingerprint density at radius 2 is 2.13 bits per heavy atom. The molecule has 0 spiro atoms. The Hall–Kier alpha value is -3.23. The van der Waals surface area contributed by atoms with Gasteiger partial charge in [-0.1, -0.05) is 18.2 Å². The molecule has 0 saturated carbocycles. The molecule has 8 heteroatoms. The number of benzene rings is 1. The van der Waals surface area contributed by atoms with Crippen LogP contribution in [-0.4, -0.2) is 64.0 Å². The number of carbonyl (C=O) groups is 1. The zero-order valence-electron chi connectivity index (χ0n) is 22.5. The van der Waals surface area contributed by atoms with Crippen LogP contribution >= 0.6 is 0 Å². The molecule has 2 N–H and O–H groups in total. The summed E-state index contributed by atoms with van der Waals surface area (Å²) in [6, 6.07) is 14.6. The number of esters is 1. The molecule has 5 rings (SSSR count). The molecule has 1 aromatic carbocycles.